The quantitative estimate of drug-likeness (QED) is 0.153. The lowest BCUT2D eigenvalue weighted by Crippen LogP contribution is -2.29. The smallest absolute Gasteiger partial charge is 0.305 e. The van der Waals surface area contributed by atoms with Crippen molar-refractivity contribution < 1.29 is 24.4 Å². The number of carbonyl (C=O) groups is 1. The zero-order valence-electron chi connectivity index (χ0n) is 8.04. The minimum Gasteiger partial charge on any atom is -0.569 e. The van der Waals surface area contributed by atoms with Crippen molar-refractivity contribution in [1.29, 1.82) is 0 Å². The van der Waals surface area contributed by atoms with Gasteiger partial charge in [0.15, 0.2) is 0 Å². The molecule has 0 radical (unpaired) electrons. The van der Waals surface area contributed by atoms with Gasteiger partial charge >= 0.3 is 5.97 Å². The third kappa shape index (κ3) is 6.00. The van der Waals surface area contributed by atoms with Gasteiger partial charge in [0, 0.05) is 6.92 Å². The second kappa shape index (κ2) is 6.89. The second-order valence-electron chi connectivity index (χ2n) is 2.32. The van der Waals surface area contributed by atoms with Crippen molar-refractivity contribution in [3.05, 3.63) is 5.21 Å². The molecular weight excluding hydrogens is 194 g/mol. The standard InChI is InChI=1S/C6H13N3O5/c1-6(11)13-5-14-7-9(12)8(2)3-4-10/h10H,3-5H2,1-2H3/b9-7-. The van der Waals surface area contributed by atoms with Crippen LogP contribution in [0, 0.1) is 5.21 Å². The maximum atomic E-state index is 10.9. The van der Waals surface area contributed by atoms with E-state index in [1.54, 1.807) is 0 Å². The number of rotatable bonds is 6. The molecule has 8 nitrogen and oxygen atoms in total. The third-order valence-electron chi connectivity index (χ3n) is 1.16. The molecule has 82 valence electrons. The second-order valence-corrected chi connectivity index (χ2v) is 2.32. The van der Waals surface area contributed by atoms with Crippen molar-refractivity contribution in [2.75, 3.05) is 27.0 Å². The summed E-state index contributed by atoms with van der Waals surface area (Å²) >= 11 is 0. The Morgan fingerprint density at radius 2 is 2.36 bits per heavy atom. The summed E-state index contributed by atoms with van der Waals surface area (Å²) in [5, 5.41) is 23.5. The van der Waals surface area contributed by atoms with Crippen molar-refractivity contribution >= 4 is 5.97 Å². The van der Waals surface area contributed by atoms with E-state index in [2.05, 4.69) is 14.9 Å². The molecule has 1 N–H and O–H groups in total. The van der Waals surface area contributed by atoms with E-state index in [1.807, 2.05) is 0 Å². The van der Waals surface area contributed by atoms with Gasteiger partial charge in [-0.1, -0.05) is 0 Å². The fourth-order valence-corrected chi connectivity index (χ4v) is 0.475. The van der Waals surface area contributed by atoms with Crippen LogP contribution in [-0.4, -0.2) is 48.0 Å². The molecule has 0 aliphatic rings. The van der Waals surface area contributed by atoms with Gasteiger partial charge in [-0.3, -0.25) is 4.79 Å². The number of hydrogen-bond acceptors (Lipinski definition) is 6. The lowest BCUT2D eigenvalue weighted by atomic mass is 10.7. The van der Waals surface area contributed by atoms with Crippen molar-refractivity contribution in [3.8, 4) is 0 Å². The van der Waals surface area contributed by atoms with E-state index < -0.39 is 12.8 Å². The summed E-state index contributed by atoms with van der Waals surface area (Å²) in [6.45, 7) is 0.746. The van der Waals surface area contributed by atoms with Gasteiger partial charge in [0.1, 0.15) is 0 Å². The molecule has 0 unspecified atom stereocenters. The van der Waals surface area contributed by atoms with Crippen LogP contribution in [0.2, 0.25) is 0 Å². The average molecular weight is 207 g/mol. The SMILES string of the molecule is CC(=O)OCO/N=[N+](\[O-])N(C)CCO. The first kappa shape index (κ1) is 12.4. The van der Waals surface area contributed by atoms with Crippen molar-refractivity contribution in [3.63, 3.8) is 0 Å². The van der Waals surface area contributed by atoms with Crippen LogP contribution in [0.5, 0.6) is 0 Å². The molecular formula is C6H13N3O5. The minimum atomic E-state index is -0.527. The molecule has 0 atom stereocenters. The summed E-state index contributed by atoms with van der Waals surface area (Å²) in [4.78, 5) is 14.7. The number of esters is 1. The number of aliphatic hydroxyl groups excluding tert-OH is 1. The summed E-state index contributed by atoms with van der Waals surface area (Å²) < 4.78 is 4.34. The summed E-state index contributed by atoms with van der Waals surface area (Å²) in [6.07, 6.45) is 0. The number of nitrogens with zero attached hydrogens (tertiary/aromatic N) is 3. The molecule has 0 rings (SSSR count). The number of carbonyl (C=O) groups excluding carboxylic acids is 1. The Bertz CT molecular complexity index is 208. The molecule has 0 heterocycles. The Kier molecular flexibility index (Phi) is 6.12. The van der Waals surface area contributed by atoms with Crippen LogP contribution in [0.3, 0.4) is 0 Å². The van der Waals surface area contributed by atoms with Gasteiger partial charge in [0.05, 0.1) is 25.2 Å². The molecule has 0 aromatic rings. The maximum Gasteiger partial charge on any atom is 0.305 e. The number of likely N-dealkylation sites (N-methyl/N-ethyl adjacent to an activating group) is 1. The van der Waals surface area contributed by atoms with Crippen LogP contribution in [0.4, 0.5) is 0 Å². The van der Waals surface area contributed by atoms with Crippen LogP contribution < -0.4 is 0 Å². The Balaban J connectivity index is 3.70. The van der Waals surface area contributed by atoms with Gasteiger partial charge in [0.25, 0.3) is 6.79 Å². The fraction of sp³-hybridized carbons (Fsp3) is 0.833. The summed E-state index contributed by atoms with van der Waals surface area (Å²) in [7, 11) is 1.42. The van der Waals surface area contributed by atoms with Crippen LogP contribution in [0.15, 0.2) is 5.28 Å². The van der Waals surface area contributed by atoms with Crippen LogP contribution >= 0.6 is 0 Å². The lowest BCUT2D eigenvalue weighted by molar-refractivity contribution is -0.706. The summed E-state index contributed by atoms with van der Waals surface area (Å²) in [5.41, 5.74) is 0. The molecule has 0 spiro atoms. The van der Waals surface area contributed by atoms with E-state index in [4.69, 9.17) is 5.11 Å². The largest absolute Gasteiger partial charge is 0.569 e. The molecule has 0 saturated carbocycles. The highest BCUT2D eigenvalue weighted by Crippen LogP contribution is 1.87. The first-order valence-corrected chi connectivity index (χ1v) is 3.83. The van der Waals surface area contributed by atoms with Crippen LogP contribution in [-0.2, 0) is 14.4 Å². The van der Waals surface area contributed by atoms with Gasteiger partial charge in [-0.25, -0.2) is 0 Å². The third-order valence-corrected chi connectivity index (χ3v) is 1.16. The Hall–Kier alpha value is -1.57. The normalized spacial score (nSPS) is 10.9. The lowest BCUT2D eigenvalue weighted by Gasteiger charge is -2.10. The van der Waals surface area contributed by atoms with Gasteiger partial charge in [-0.2, -0.15) is 0 Å². The molecule has 0 aromatic heterocycles. The predicted molar refractivity (Wildman–Crippen MR) is 43.5 cm³/mol. The predicted octanol–water partition coefficient (Wildman–Crippen LogP) is -0.760. The van der Waals surface area contributed by atoms with Gasteiger partial charge in [0.2, 0.25) is 5.28 Å². The highest BCUT2D eigenvalue weighted by Gasteiger charge is 2.04. The Labute approximate surface area is 80.8 Å². The van der Waals surface area contributed by atoms with E-state index in [-0.39, 0.29) is 18.1 Å². The number of hydrazine groups is 1. The van der Waals surface area contributed by atoms with Gasteiger partial charge in [-0.15, -0.1) is 5.01 Å². The fourth-order valence-electron chi connectivity index (χ4n) is 0.475. The first-order valence-electron chi connectivity index (χ1n) is 3.83. The van der Waals surface area contributed by atoms with Crippen molar-refractivity contribution in [1.82, 2.24) is 5.01 Å². The average Bonchev–Trinajstić information content (AvgIpc) is 2.12. The highest BCUT2D eigenvalue weighted by atomic mass is 16.8. The topological polar surface area (TPSA) is 97.4 Å². The zero-order valence-corrected chi connectivity index (χ0v) is 8.04. The highest BCUT2D eigenvalue weighted by molar-refractivity contribution is 5.65. The van der Waals surface area contributed by atoms with E-state index in [9.17, 15) is 10.0 Å². The molecule has 0 saturated heterocycles. The molecule has 0 bridgehead atoms. The van der Waals surface area contributed by atoms with Crippen LogP contribution in [0.1, 0.15) is 6.92 Å². The first-order chi connectivity index (χ1) is 6.57. The monoisotopic (exact) mass is 207 g/mol. The van der Waals surface area contributed by atoms with Crippen molar-refractivity contribution in [2.45, 2.75) is 6.92 Å². The zero-order chi connectivity index (χ0) is 11.0. The van der Waals surface area contributed by atoms with Gasteiger partial charge < -0.3 is 19.9 Å². The van der Waals surface area contributed by atoms with Gasteiger partial charge in [-0.05, 0) is 0 Å². The Morgan fingerprint density at radius 3 is 2.86 bits per heavy atom. The molecule has 0 fully saturated rings. The Morgan fingerprint density at radius 1 is 1.71 bits per heavy atom. The molecule has 0 aromatic carbocycles. The van der Waals surface area contributed by atoms with E-state index >= 15 is 0 Å². The van der Waals surface area contributed by atoms with E-state index in [0.717, 1.165) is 5.01 Å². The maximum absolute atomic E-state index is 10.9. The molecule has 14 heavy (non-hydrogen) atoms. The van der Waals surface area contributed by atoms with Crippen molar-refractivity contribution in [2.24, 2.45) is 5.28 Å². The number of aliphatic hydroxyl groups is 1. The van der Waals surface area contributed by atoms with Crippen LogP contribution in [0.25, 0.3) is 0 Å². The molecule has 0 amide bonds. The molecule has 8 heteroatoms. The minimum absolute atomic E-state index is 0.129. The molecule has 0 aliphatic heterocycles. The van der Waals surface area contributed by atoms with E-state index in [0.29, 0.717) is 0 Å². The number of hydrogen-bond donors (Lipinski definition) is 1. The number of ether oxygens (including phenoxy) is 1. The van der Waals surface area contributed by atoms with E-state index in [1.165, 1.54) is 14.0 Å². The summed E-state index contributed by atoms with van der Waals surface area (Å²) in [6, 6.07) is 0. The molecule has 0 aliphatic carbocycles. The summed E-state index contributed by atoms with van der Waals surface area (Å²) in [5.74, 6) is -0.527.